The Balaban J connectivity index is 1.95. The van der Waals surface area contributed by atoms with Crippen molar-refractivity contribution < 1.29 is 4.74 Å². The number of thiocarbonyl (C=S) groups is 1. The average Bonchev–Trinajstić information content (AvgIpc) is 2.65. The van der Waals surface area contributed by atoms with E-state index in [-0.39, 0.29) is 0 Å². The molecule has 1 unspecified atom stereocenters. The summed E-state index contributed by atoms with van der Waals surface area (Å²) >= 11 is 5.48. The van der Waals surface area contributed by atoms with Crippen LogP contribution in [0.4, 0.5) is 5.69 Å². The molecular formula is C14H20N2OS. The Morgan fingerprint density at radius 2 is 2.22 bits per heavy atom. The van der Waals surface area contributed by atoms with Crippen molar-refractivity contribution in [3.05, 3.63) is 30.3 Å². The second-order valence-corrected chi connectivity index (χ2v) is 4.88. The Labute approximate surface area is 114 Å². The molecule has 1 fully saturated rings. The summed E-state index contributed by atoms with van der Waals surface area (Å²) in [6.45, 7) is 4.84. The monoisotopic (exact) mass is 264 g/mol. The van der Waals surface area contributed by atoms with Crippen molar-refractivity contribution in [2.45, 2.75) is 25.9 Å². The molecule has 1 aromatic rings. The maximum absolute atomic E-state index is 5.75. The fraction of sp³-hybridized carbons (Fsp3) is 0.500. The van der Waals surface area contributed by atoms with Crippen LogP contribution in [0.5, 0.6) is 0 Å². The summed E-state index contributed by atoms with van der Waals surface area (Å²) in [5.74, 6) is 0. The molecule has 0 bridgehead atoms. The van der Waals surface area contributed by atoms with Gasteiger partial charge in [-0.15, -0.1) is 0 Å². The summed E-state index contributed by atoms with van der Waals surface area (Å²) in [5.41, 5.74) is 1.04. The Hall–Kier alpha value is -1.13. The first-order valence-corrected chi connectivity index (χ1v) is 6.93. The van der Waals surface area contributed by atoms with Gasteiger partial charge < -0.3 is 15.0 Å². The van der Waals surface area contributed by atoms with Gasteiger partial charge in [0.25, 0.3) is 0 Å². The second-order valence-electron chi connectivity index (χ2n) is 4.50. The van der Waals surface area contributed by atoms with E-state index in [1.807, 2.05) is 30.3 Å². The molecule has 0 saturated carbocycles. The van der Waals surface area contributed by atoms with Crippen molar-refractivity contribution in [2.75, 3.05) is 25.0 Å². The van der Waals surface area contributed by atoms with Crippen LogP contribution in [0.2, 0.25) is 0 Å². The zero-order chi connectivity index (χ0) is 12.8. The van der Waals surface area contributed by atoms with Gasteiger partial charge in [0, 0.05) is 25.4 Å². The third kappa shape index (κ3) is 3.68. The third-order valence-corrected chi connectivity index (χ3v) is 3.48. The molecule has 1 N–H and O–H groups in total. The predicted molar refractivity (Wildman–Crippen MR) is 78.9 cm³/mol. The minimum atomic E-state index is 0.294. The summed E-state index contributed by atoms with van der Waals surface area (Å²) < 4.78 is 5.75. The van der Waals surface area contributed by atoms with Crippen LogP contribution < -0.4 is 5.32 Å². The maximum atomic E-state index is 5.75. The lowest BCUT2D eigenvalue weighted by atomic mass is 10.2. The van der Waals surface area contributed by atoms with Gasteiger partial charge in [0.2, 0.25) is 0 Å². The molecule has 1 aliphatic rings. The first-order chi connectivity index (χ1) is 8.79. The van der Waals surface area contributed by atoms with E-state index in [9.17, 15) is 0 Å². The minimum absolute atomic E-state index is 0.294. The molecule has 0 radical (unpaired) electrons. The first kappa shape index (κ1) is 13.3. The van der Waals surface area contributed by atoms with Crippen molar-refractivity contribution >= 4 is 23.0 Å². The lowest BCUT2D eigenvalue weighted by molar-refractivity contribution is 0.0586. The number of nitrogens with one attached hydrogen (secondary N) is 1. The van der Waals surface area contributed by atoms with Gasteiger partial charge in [-0.25, -0.2) is 0 Å². The molecule has 1 heterocycles. The molecule has 98 valence electrons. The smallest absolute Gasteiger partial charge is 0.173 e. The van der Waals surface area contributed by atoms with Crippen molar-refractivity contribution in [1.82, 2.24) is 4.90 Å². The Bertz CT molecular complexity index is 383. The van der Waals surface area contributed by atoms with E-state index >= 15 is 0 Å². The number of hydrogen-bond donors (Lipinski definition) is 1. The van der Waals surface area contributed by atoms with E-state index in [4.69, 9.17) is 17.0 Å². The van der Waals surface area contributed by atoms with E-state index < -0.39 is 0 Å². The van der Waals surface area contributed by atoms with Gasteiger partial charge in [-0.05, 0) is 37.2 Å². The van der Waals surface area contributed by atoms with Gasteiger partial charge >= 0.3 is 0 Å². The van der Waals surface area contributed by atoms with E-state index in [2.05, 4.69) is 17.1 Å². The number of nitrogens with zero attached hydrogens (tertiary/aromatic N) is 1. The summed E-state index contributed by atoms with van der Waals surface area (Å²) in [6.07, 6.45) is 2.36. The van der Waals surface area contributed by atoms with Crippen molar-refractivity contribution in [3.63, 3.8) is 0 Å². The molecule has 1 aliphatic heterocycles. The van der Waals surface area contributed by atoms with Crippen molar-refractivity contribution in [2.24, 2.45) is 0 Å². The molecule has 0 spiro atoms. The average molecular weight is 264 g/mol. The molecule has 0 aliphatic carbocycles. The highest BCUT2D eigenvalue weighted by atomic mass is 32.1. The highest BCUT2D eigenvalue weighted by Crippen LogP contribution is 2.12. The summed E-state index contributed by atoms with van der Waals surface area (Å²) in [6, 6.07) is 10.1. The second kappa shape index (κ2) is 6.71. The molecule has 18 heavy (non-hydrogen) atoms. The zero-order valence-electron chi connectivity index (χ0n) is 10.8. The number of hydrogen-bond acceptors (Lipinski definition) is 2. The van der Waals surface area contributed by atoms with Gasteiger partial charge in [-0.1, -0.05) is 25.1 Å². The Morgan fingerprint density at radius 1 is 1.44 bits per heavy atom. The number of para-hydroxylation sites is 1. The number of ether oxygens (including phenoxy) is 1. The fourth-order valence-electron chi connectivity index (χ4n) is 2.05. The molecule has 1 aromatic carbocycles. The molecule has 4 heteroatoms. The van der Waals surface area contributed by atoms with E-state index in [0.717, 1.165) is 43.3 Å². The van der Waals surface area contributed by atoms with E-state index in [1.54, 1.807) is 0 Å². The number of rotatable bonds is 2. The number of benzene rings is 1. The Morgan fingerprint density at radius 3 is 2.94 bits per heavy atom. The lowest BCUT2D eigenvalue weighted by Crippen LogP contribution is -2.39. The summed E-state index contributed by atoms with van der Waals surface area (Å²) in [4.78, 5) is 2.21. The number of anilines is 1. The van der Waals surface area contributed by atoms with Crippen LogP contribution in [-0.4, -0.2) is 35.8 Å². The molecule has 0 amide bonds. The van der Waals surface area contributed by atoms with Gasteiger partial charge in [0.1, 0.15) is 0 Å². The quantitative estimate of drug-likeness (QED) is 0.830. The lowest BCUT2D eigenvalue weighted by Gasteiger charge is -2.26. The van der Waals surface area contributed by atoms with Crippen LogP contribution in [0.3, 0.4) is 0 Å². The van der Waals surface area contributed by atoms with Gasteiger partial charge in [-0.2, -0.15) is 0 Å². The van der Waals surface area contributed by atoms with Crippen LogP contribution in [0, 0.1) is 0 Å². The van der Waals surface area contributed by atoms with Crippen LogP contribution in [0.25, 0.3) is 0 Å². The van der Waals surface area contributed by atoms with Gasteiger partial charge in [0.05, 0.1) is 6.10 Å². The third-order valence-electron chi connectivity index (χ3n) is 3.12. The normalized spacial score (nSPS) is 20.3. The molecule has 1 atom stereocenters. The largest absolute Gasteiger partial charge is 0.376 e. The topological polar surface area (TPSA) is 24.5 Å². The zero-order valence-corrected chi connectivity index (χ0v) is 11.6. The first-order valence-electron chi connectivity index (χ1n) is 6.52. The van der Waals surface area contributed by atoms with Crippen LogP contribution >= 0.6 is 12.2 Å². The maximum Gasteiger partial charge on any atom is 0.173 e. The standard InChI is InChI=1S/C14H20N2OS/c1-2-13-11-16(9-6-10-17-13)14(18)15-12-7-4-3-5-8-12/h3-5,7-8,13H,2,6,9-11H2,1H3,(H,15,18). The van der Waals surface area contributed by atoms with Crippen LogP contribution in [-0.2, 0) is 4.74 Å². The van der Waals surface area contributed by atoms with Crippen molar-refractivity contribution in [3.8, 4) is 0 Å². The highest BCUT2D eigenvalue weighted by Gasteiger charge is 2.19. The van der Waals surface area contributed by atoms with Crippen LogP contribution in [0.1, 0.15) is 19.8 Å². The highest BCUT2D eigenvalue weighted by molar-refractivity contribution is 7.80. The summed E-state index contributed by atoms with van der Waals surface area (Å²) in [7, 11) is 0. The van der Waals surface area contributed by atoms with Crippen LogP contribution in [0.15, 0.2) is 30.3 Å². The molecule has 0 aromatic heterocycles. The van der Waals surface area contributed by atoms with Crippen molar-refractivity contribution in [1.29, 1.82) is 0 Å². The van der Waals surface area contributed by atoms with Gasteiger partial charge in [0.15, 0.2) is 5.11 Å². The predicted octanol–water partition coefficient (Wildman–Crippen LogP) is 2.88. The molecular weight excluding hydrogens is 244 g/mol. The fourth-order valence-corrected chi connectivity index (χ4v) is 2.33. The minimum Gasteiger partial charge on any atom is -0.376 e. The summed E-state index contributed by atoms with van der Waals surface area (Å²) in [5, 5.41) is 4.08. The molecule has 1 saturated heterocycles. The SMILES string of the molecule is CCC1CN(C(=S)Nc2ccccc2)CCCO1. The molecule has 3 nitrogen and oxygen atoms in total. The Kier molecular flexibility index (Phi) is 4.96. The van der Waals surface area contributed by atoms with Gasteiger partial charge in [-0.3, -0.25) is 0 Å². The van der Waals surface area contributed by atoms with E-state index in [1.165, 1.54) is 0 Å². The van der Waals surface area contributed by atoms with E-state index in [0.29, 0.717) is 6.10 Å². The molecule has 2 rings (SSSR count).